The van der Waals surface area contributed by atoms with Gasteiger partial charge >= 0.3 is 21.1 Å². The van der Waals surface area contributed by atoms with Gasteiger partial charge in [-0.05, 0) is 97.1 Å². The molecule has 0 amide bonds. The van der Waals surface area contributed by atoms with E-state index in [2.05, 4.69) is 121 Å². The van der Waals surface area contributed by atoms with Crippen LogP contribution in [0.15, 0.2) is 85.1 Å². The summed E-state index contributed by atoms with van der Waals surface area (Å²) in [5, 5.41) is 7.23. The zero-order valence-corrected chi connectivity index (χ0v) is 30.4. The van der Waals surface area contributed by atoms with Crippen molar-refractivity contribution in [2.45, 2.75) is 60.8 Å². The summed E-state index contributed by atoms with van der Waals surface area (Å²) in [6.45, 7) is 17.5. The second-order valence-corrected chi connectivity index (χ2v) is 13.3. The number of ether oxygens (including phenoxy) is 1. The van der Waals surface area contributed by atoms with Gasteiger partial charge in [0, 0.05) is 34.5 Å². The summed E-state index contributed by atoms with van der Waals surface area (Å²) < 4.78 is 10.5. The van der Waals surface area contributed by atoms with E-state index >= 15 is 0 Å². The molecule has 47 heavy (non-hydrogen) atoms. The van der Waals surface area contributed by atoms with E-state index in [1.165, 1.54) is 27.8 Å². The fourth-order valence-electron chi connectivity index (χ4n) is 6.58. The van der Waals surface area contributed by atoms with Gasteiger partial charge in [0.1, 0.15) is 5.82 Å². The molecule has 3 aromatic heterocycles. The van der Waals surface area contributed by atoms with Gasteiger partial charge in [-0.2, -0.15) is 17.2 Å². The molecule has 0 atom stereocenters. The first-order valence-electron chi connectivity index (χ1n) is 15.8. The van der Waals surface area contributed by atoms with Gasteiger partial charge in [0.2, 0.25) is 0 Å². The molecule has 0 spiro atoms. The van der Waals surface area contributed by atoms with Crippen molar-refractivity contribution in [1.82, 2.24) is 19.3 Å². The van der Waals surface area contributed by atoms with E-state index in [4.69, 9.17) is 14.8 Å². The molecule has 0 bridgehead atoms. The van der Waals surface area contributed by atoms with Crippen LogP contribution in [0.25, 0.3) is 44.4 Å². The van der Waals surface area contributed by atoms with E-state index in [1.807, 2.05) is 41.2 Å². The van der Waals surface area contributed by atoms with Crippen molar-refractivity contribution in [3.63, 3.8) is 0 Å². The standard InChI is InChI=1S/C41H38N4O.Pt/c1-25-18-19-42-38(20-25)44-36-15-10-9-14-34(36)35-17-16-33(24-37(35)44)46-32-13-11-12-31(23-32)45-29(5)40(28(4)43-45)39-26(2)21-30(22-27(39)3)41(6,7)8;/h9-22H,1-8H3;/q-2;+2. The first-order chi connectivity index (χ1) is 22.0. The second-order valence-electron chi connectivity index (χ2n) is 13.3. The van der Waals surface area contributed by atoms with E-state index in [0.717, 1.165) is 50.3 Å². The first-order valence-corrected chi connectivity index (χ1v) is 15.8. The van der Waals surface area contributed by atoms with Gasteiger partial charge in [0.15, 0.2) is 0 Å². The van der Waals surface area contributed by atoms with Crippen molar-refractivity contribution in [3.05, 3.63) is 131 Å². The number of para-hydroxylation sites is 1. The van der Waals surface area contributed by atoms with E-state index in [0.29, 0.717) is 11.5 Å². The van der Waals surface area contributed by atoms with Crippen LogP contribution >= 0.6 is 0 Å². The van der Waals surface area contributed by atoms with Gasteiger partial charge < -0.3 is 9.30 Å². The van der Waals surface area contributed by atoms with Crippen LogP contribution in [0.2, 0.25) is 0 Å². The SMILES string of the molecule is Cc1ccnc(-n2c3[c-]c(Oc4[c-]c(-n5nc(C)c(-c6c(C)cc(C(C)(C)C)cc6C)c5C)ccc4)ccc3c3ccccc32)c1.[Pt+2]. The van der Waals surface area contributed by atoms with E-state index < -0.39 is 0 Å². The molecule has 4 aromatic carbocycles. The number of hydrogen-bond donors (Lipinski definition) is 0. The minimum Gasteiger partial charge on any atom is -0.509 e. The molecular weight excluding hydrogens is 760 g/mol. The van der Waals surface area contributed by atoms with Crippen molar-refractivity contribution in [3.8, 4) is 34.1 Å². The Morgan fingerprint density at radius 1 is 0.723 bits per heavy atom. The van der Waals surface area contributed by atoms with Gasteiger partial charge in [-0.1, -0.05) is 56.6 Å². The average molecular weight is 798 g/mol. The molecule has 0 aliphatic heterocycles. The maximum atomic E-state index is 6.42. The molecule has 0 fully saturated rings. The third kappa shape index (κ3) is 5.83. The smallest absolute Gasteiger partial charge is 0.509 e. The molecule has 7 aromatic rings. The number of hydrogen-bond acceptors (Lipinski definition) is 3. The summed E-state index contributed by atoms with van der Waals surface area (Å²) in [5.74, 6) is 2.06. The minimum atomic E-state index is 0. The number of fused-ring (bicyclic) bond motifs is 3. The number of rotatable bonds is 5. The Hall–Kier alpha value is -4.47. The third-order valence-corrected chi connectivity index (χ3v) is 8.83. The quantitative estimate of drug-likeness (QED) is 0.163. The van der Waals surface area contributed by atoms with Crippen molar-refractivity contribution in [2.75, 3.05) is 0 Å². The Kier molecular flexibility index (Phi) is 8.48. The van der Waals surface area contributed by atoms with Gasteiger partial charge in [-0.25, -0.2) is 4.98 Å². The topological polar surface area (TPSA) is 44.9 Å². The predicted octanol–water partition coefficient (Wildman–Crippen LogP) is 10.3. The predicted molar refractivity (Wildman–Crippen MR) is 188 cm³/mol. The fraction of sp³-hybridized carbons (Fsp3) is 0.220. The van der Waals surface area contributed by atoms with E-state index in [-0.39, 0.29) is 26.5 Å². The van der Waals surface area contributed by atoms with Crippen molar-refractivity contribution >= 4 is 21.8 Å². The third-order valence-electron chi connectivity index (χ3n) is 8.83. The maximum absolute atomic E-state index is 6.42. The summed E-state index contributed by atoms with van der Waals surface area (Å²) in [4.78, 5) is 4.69. The van der Waals surface area contributed by atoms with Crippen LogP contribution in [0.5, 0.6) is 11.5 Å². The van der Waals surface area contributed by atoms with Crippen molar-refractivity contribution in [1.29, 1.82) is 0 Å². The monoisotopic (exact) mass is 797 g/mol. The molecule has 5 nitrogen and oxygen atoms in total. The van der Waals surface area contributed by atoms with Crippen LogP contribution in [0.3, 0.4) is 0 Å². The van der Waals surface area contributed by atoms with Crippen molar-refractivity contribution < 1.29 is 25.8 Å². The Morgan fingerprint density at radius 2 is 1.45 bits per heavy atom. The minimum absolute atomic E-state index is 0. The number of aromatic nitrogens is 4. The molecule has 0 radical (unpaired) electrons. The Labute approximate surface area is 291 Å². The number of pyridine rings is 1. The summed E-state index contributed by atoms with van der Waals surface area (Å²) in [6, 6.07) is 34.1. The zero-order chi connectivity index (χ0) is 32.3. The summed E-state index contributed by atoms with van der Waals surface area (Å²) in [6.07, 6.45) is 1.85. The maximum Gasteiger partial charge on any atom is 2.00 e. The zero-order valence-electron chi connectivity index (χ0n) is 28.1. The van der Waals surface area contributed by atoms with Crippen LogP contribution in [-0.2, 0) is 26.5 Å². The Balaban J connectivity index is 0.00000386. The van der Waals surface area contributed by atoms with Crippen LogP contribution in [0, 0.1) is 46.8 Å². The molecule has 0 unspecified atom stereocenters. The molecule has 7 rings (SSSR count). The fourth-order valence-corrected chi connectivity index (χ4v) is 6.58. The molecule has 3 heterocycles. The first kappa shape index (κ1) is 32.5. The second kappa shape index (κ2) is 12.3. The molecule has 0 saturated heterocycles. The molecule has 6 heteroatoms. The van der Waals surface area contributed by atoms with Crippen LogP contribution in [0.1, 0.15) is 54.4 Å². The average Bonchev–Trinajstić information content (AvgIpc) is 3.49. The van der Waals surface area contributed by atoms with Crippen LogP contribution in [0.4, 0.5) is 0 Å². The Morgan fingerprint density at radius 3 is 2.17 bits per heavy atom. The summed E-state index contributed by atoms with van der Waals surface area (Å²) in [7, 11) is 0. The van der Waals surface area contributed by atoms with Crippen LogP contribution in [-0.4, -0.2) is 19.3 Å². The molecule has 238 valence electrons. The van der Waals surface area contributed by atoms with Gasteiger partial charge in [0.05, 0.1) is 5.69 Å². The van der Waals surface area contributed by atoms with Gasteiger partial charge in [-0.3, -0.25) is 4.68 Å². The molecule has 0 aliphatic rings. The Bertz CT molecular complexity index is 2260. The van der Waals surface area contributed by atoms with Gasteiger partial charge in [0.25, 0.3) is 0 Å². The summed E-state index contributed by atoms with van der Waals surface area (Å²) in [5.41, 5.74) is 12.4. The largest absolute Gasteiger partial charge is 2.00 e. The van der Waals surface area contributed by atoms with Gasteiger partial charge in [-0.15, -0.1) is 35.7 Å². The van der Waals surface area contributed by atoms with Crippen molar-refractivity contribution in [2.24, 2.45) is 0 Å². The van der Waals surface area contributed by atoms with E-state index in [9.17, 15) is 0 Å². The van der Waals surface area contributed by atoms with Crippen LogP contribution < -0.4 is 4.74 Å². The molecule has 0 N–H and O–H groups in total. The number of nitrogens with zero attached hydrogens (tertiary/aromatic N) is 4. The molecular formula is C41H38N4OPt. The molecule has 0 saturated carbocycles. The number of benzene rings is 4. The molecule has 0 aliphatic carbocycles. The van der Waals surface area contributed by atoms with E-state index in [1.54, 1.807) is 0 Å². The number of aryl methyl sites for hydroxylation is 4. The summed E-state index contributed by atoms with van der Waals surface area (Å²) >= 11 is 0. The normalized spacial score (nSPS) is 11.7.